The molecule has 2 atom stereocenters. The maximum absolute atomic E-state index is 5.88. The van der Waals surface area contributed by atoms with E-state index in [0.29, 0.717) is 6.04 Å². The molecule has 1 fully saturated rings. The minimum Gasteiger partial charge on any atom is -0.329 e. The van der Waals surface area contributed by atoms with E-state index in [4.69, 9.17) is 5.73 Å². The van der Waals surface area contributed by atoms with Crippen LogP contribution in [0, 0.1) is 11.8 Å². The van der Waals surface area contributed by atoms with Crippen LogP contribution in [0.25, 0.3) is 0 Å². The molecule has 0 bridgehead atoms. The number of rotatable bonds is 7. The Kier molecular flexibility index (Phi) is 4.90. The van der Waals surface area contributed by atoms with Crippen LogP contribution in [0.2, 0.25) is 0 Å². The standard InChI is InChI=1S/C12H26N2/c1-4-10(3)12(8-13)14(5-2)9-11-6-7-11/h10-12H,4-9,13H2,1-3H3. The van der Waals surface area contributed by atoms with Gasteiger partial charge in [-0.25, -0.2) is 0 Å². The van der Waals surface area contributed by atoms with Gasteiger partial charge in [0.25, 0.3) is 0 Å². The predicted octanol–water partition coefficient (Wildman–Crippen LogP) is 2.09. The molecule has 2 nitrogen and oxygen atoms in total. The Morgan fingerprint density at radius 1 is 1.36 bits per heavy atom. The number of nitrogens with zero attached hydrogens (tertiary/aromatic N) is 1. The fourth-order valence-electron chi connectivity index (χ4n) is 2.14. The highest BCUT2D eigenvalue weighted by Crippen LogP contribution is 2.31. The lowest BCUT2D eigenvalue weighted by Crippen LogP contribution is -2.45. The van der Waals surface area contributed by atoms with Crippen LogP contribution in [0.1, 0.15) is 40.0 Å². The van der Waals surface area contributed by atoms with E-state index in [0.717, 1.165) is 24.9 Å². The molecule has 1 aliphatic rings. The molecule has 2 heteroatoms. The molecule has 0 amide bonds. The van der Waals surface area contributed by atoms with Gasteiger partial charge < -0.3 is 5.73 Å². The summed E-state index contributed by atoms with van der Waals surface area (Å²) in [5, 5.41) is 0. The van der Waals surface area contributed by atoms with Crippen molar-refractivity contribution >= 4 is 0 Å². The summed E-state index contributed by atoms with van der Waals surface area (Å²) in [6, 6.07) is 0.602. The van der Waals surface area contributed by atoms with Gasteiger partial charge in [0.15, 0.2) is 0 Å². The molecule has 2 N–H and O–H groups in total. The van der Waals surface area contributed by atoms with E-state index < -0.39 is 0 Å². The van der Waals surface area contributed by atoms with Gasteiger partial charge in [0.2, 0.25) is 0 Å². The van der Waals surface area contributed by atoms with Crippen LogP contribution >= 0.6 is 0 Å². The summed E-state index contributed by atoms with van der Waals surface area (Å²) in [7, 11) is 0. The number of nitrogens with two attached hydrogens (primary N) is 1. The molecule has 1 rings (SSSR count). The zero-order chi connectivity index (χ0) is 10.6. The molecule has 84 valence electrons. The highest BCUT2D eigenvalue weighted by Gasteiger charge is 2.28. The van der Waals surface area contributed by atoms with Crippen molar-refractivity contribution in [3.63, 3.8) is 0 Å². The predicted molar refractivity (Wildman–Crippen MR) is 62.3 cm³/mol. The highest BCUT2D eigenvalue weighted by atomic mass is 15.2. The zero-order valence-electron chi connectivity index (χ0n) is 10.00. The summed E-state index contributed by atoms with van der Waals surface area (Å²) in [5.41, 5.74) is 5.88. The molecule has 0 saturated heterocycles. The van der Waals surface area contributed by atoms with Crippen LogP contribution < -0.4 is 5.73 Å². The summed E-state index contributed by atoms with van der Waals surface area (Å²) < 4.78 is 0. The van der Waals surface area contributed by atoms with Gasteiger partial charge in [0.05, 0.1) is 0 Å². The molecule has 0 spiro atoms. The van der Waals surface area contributed by atoms with Gasteiger partial charge in [0, 0.05) is 19.1 Å². The van der Waals surface area contributed by atoms with Gasteiger partial charge in [-0.2, -0.15) is 0 Å². The quantitative estimate of drug-likeness (QED) is 0.679. The molecule has 0 aromatic rings. The SMILES string of the molecule is CCC(C)C(CN)N(CC)CC1CC1. The minimum atomic E-state index is 0.602. The second-order valence-corrected chi connectivity index (χ2v) is 4.72. The van der Waals surface area contributed by atoms with Crippen LogP contribution in [-0.2, 0) is 0 Å². The molecule has 0 aromatic carbocycles. The molecular weight excluding hydrogens is 172 g/mol. The molecule has 0 aliphatic heterocycles. The van der Waals surface area contributed by atoms with Crippen molar-refractivity contribution in [3.8, 4) is 0 Å². The fraction of sp³-hybridized carbons (Fsp3) is 1.00. The molecule has 2 unspecified atom stereocenters. The van der Waals surface area contributed by atoms with Crippen LogP contribution in [0.5, 0.6) is 0 Å². The number of hydrogen-bond acceptors (Lipinski definition) is 2. The molecular formula is C12H26N2. The van der Waals surface area contributed by atoms with E-state index in [-0.39, 0.29) is 0 Å². The molecule has 1 aliphatic carbocycles. The lowest BCUT2D eigenvalue weighted by Gasteiger charge is -2.34. The third-order valence-corrected chi connectivity index (χ3v) is 3.61. The van der Waals surface area contributed by atoms with E-state index >= 15 is 0 Å². The van der Waals surface area contributed by atoms with Crippen molar-refractivity contribution in [2.45, 2.75) is 46.1 Å². The van der Waals surface area contributed by atoms with Gasteiger partial charge in [-0.15, -0.1) is 0 Å². The first-order chi connectivity index (χ1) is 6.72. The summed E-state index contributed by atoms with van der Waals surface area (Å²) in [6.07, 6.45) is 4.12. The van der Waals surface area contributed by atoms with E-state index in [2.05, 4.69) is 25.7 Å². The highest BCUT2D eigenvalue weighted by molar-refractivity contribution is 4.83. The van der Waals surface area contributed by atoms with Gasteiger partial charge >= 0.3 is 0 Å². The second-order valence-electron chi connectivity index (χ2n) is 4.72. The summed E-state index contributed by atoms with van der Waals surface area (Å²) in [4.78, 5) is 2.59. The third kappa shape index (κ3) is 3.25. The first-order valence-electron chi connectivity index (χ1n) is 6.17. The first-order valence-corrected chi connectivity index (χ1v) is 6.17. The fourth-order valence-corrected chi connectivity index (χ4v) is 2.14. The van der Waals surface area contributed by atoms with Crippen LogP contribution in [0.3, 0.4) is 0 Å². The zero-order valence-corrected chi connectivity index (χ0v) is 10.00. The average Bonchev–Trinajstić information content (AvgIpc) is 3.00. The summed E-state index contributed by atoms with van der Waals surface area (Å²) in [5.74, 6) is 1.71. The van der Waals surface area contributed by atoms with Gasteiger partial charge in [-0.05, 0) is 31.2 Å². The van der Waals surface area contributed by atoms with Crippen molar-refractivity contribution in [1.29, 1.82) is 0 Å². The molecule has 14 heavy (non-hydrogen) atoms. The third-order valence-electron chi connectivity index (χ3n) is 3.61. The second kappa shape index (κ2) is 5.72. The van der Waals surface area contributed by atoms with E-state index in [1.165, 1.54) is 25.8 Å². The van der Waals surface area contributed by atoms with E-state index in [1.807, 2.05) is 0 Å². The van der Waals surface area contributed by atoms with Crippen molar-refractivity contribution in [1.82, 2.24) is 4.90 Å². The average molecular weight is 198 g/mol. The Balaban J connectivity index is 2.43. The lowest BCUT2D eigenvalue weighted by molar-refractivity contribution is 0.151. The van der Waals surface area contributed by atoms with Crippen LogP contribution in [0.4, 0.5) is 0 Å². The maximum Gasteiger partial charge on any atom is 0.0243 e. The van der Waals surface area contributed by atoms with Gasteiger partial charge in [-0.1, -0.05) is 27.2 Å². The number of likely N-dealkylation sites (N-methyl/N-ethyl adjacent to an activating group) is 1. The molecule has 0 heterocycles. The Morgan fingerprint density at radius 2 is 2.00 bits per heavy atom. The molecule has 1 saturated carbocycles. The molecule has 0 radical (unpaired) electrons. The van der Waals surface area contributed by atoms with Crippen molar-refractivity contribution in [2.24, 2.45) is 17.6 Å². The van der Waals surface area contributed by atoms with Gasteiger partial charge in [-0.3, -0.25) is 4.90 Å². The normalized spacial score (nSPS) is 21.2. The van der Waals surface area contributed by atoms with Gasteiger partial charge in [0.1, 0.15) is 0 Å². The largest absolute Gasteiger partial charge is 0.329 e. The molecule has 0 aromatic heterocycles. The van der Waals surface area contributed by atoms with E-state index in [1.54, 1.807) is 0 Å². The van der Waals surface area contributed by atoms with Crippen molar-refractivity contribution in [3.05, 3.63) is 0 Å². The van der Waals surface area contributed by atoms with Crippen molar-refractivity contribution < 1.29 is 0 Å². The van der Waals surface area contributed by atoms with Crippen molar-refractivity contribution in [2.75, 3.05) is 19.6 Å². The topological polar surface area (TPSA) is 29.3 Å². The summed E-state index contributed by atoms with van der Waals surface area (Å²) in [6.45, 7) is 10.1. The Morgan fingerprint density at radius 3 is 2.36 bits per heavy atom. The minimum absolute atomic E-state index is 0.602. The van der Waals surface area contributed by atoms with Crippen LogP contribution in [-0.4, -0.2) is 30.6 Å². The van der Waals surface area contributed by atoms with Crippen LogP contribution in [0.15, 0.2) is 0 Å². The number of hydrogen-bond donors (Lipinski definition) is 1. The maximum atomic E-state index is 5.88. The monoisotopic (exact) mass is 198 g/mol. The Hall–Kier alpha value is -0.0800. The lowest BCUT2D eigenvalue weighted by atomic mass is 9.97. The summed E-state index contributed by atoms with van der Waals surface area (Å²) >= 11 is 0. The Bertz CT molecular complexity index is 154. The smallest absolute Gasteiger partial charge is 0.0243 e. The van der Waals surface area contributed by atoms with E-state index in [9.17, 15) is 0 Å². The first kappa shape index (κ1) is 12.0. The Labute approximate surface area is 88.8 Å².